The van der Waals surface area contributed by atoms with Gasteiger partial charge in [0.05, 0.1) is 11.6 Å². The van der Waals surface area contributed by atoms with Crippen LogP contribution in [-0.2, 0) is 11.4 Å². The molecule has 1 fully saturated rings. The number of fused-ring (bicyclic) bond motifs is 1. The number of thioether (sulfide) groups is 1. The number of aromatic nitrogens is 3. The van der Waals surface area contributed by atoms with Crippen molar-refractivity contribution in [2.45, 2.75) is 43.9 Å². The number of rotatable bonds is 5. The van der Waals surface area contributed by atoms with Gasteiger partial charge in [-0.2, -0.15) is 0 Å². The average Bonchev–Trinajstić information content (AvgIpc) is 3.30. The summed E-state index contributed by atoms with van der Waals surface area (Å²) >= 11 is 13.7. The molecule has 0 unspecified atom stereocenters. The van der Waals surface area contributed by atoms with Gasteiger partial charge in [-0.3, -0.25) is 4.79 Å². The first-order valence-corrected chi connectivity index (χ1v) is 10.8. The topological polar surface area (TPSA) is 60.3 Å². The summed E-state index contributed by atoms with van der Waals surface area (Å²) in [5.74, 6) is 2.56. The maximum Gasteiger partial charge on any atom is 0.241 e. The molecule has 1 saturated carbocycles. The number of amides is 1. The molecule has 9 heteroatoms. The first-order valence-electron chi connectivity index (χ1n) is 9.07. The minimum absolute atomic E-state index is 0.133. The number of hydrogen-bond acceptors (Lipinski definition) is 5. The van der Waals surface area contributed by atoms with E-state index in [0.29, 0.717) is 40.5 Å². The van der Waals surface area contributed by atoms with Crippen molar-refractivity contribution in [3.8, 4) is 5.75 Å². The van der Waals surface area contributed by atoms with Crippen LogP contribution in [0.5, 0.6) is 5.75 Å². The third-order valence-corrected chi connectivity index (χ3v) is 6.36. The van der Waals surface area contributed by atoms with Crippen LogP contribution in [0.4, 0.5) is 0 Å². The highest BCUT2D eigenvalue weighted by Gasteiger charge is 2.29. The summed E-state index contributed by atoms with van der Waals surface area (Å²) in [5.41, 5.74) is 0. The molecule has 0 atom stereocenters. The maximum absolute atomic E-state index is 12.9. The number of benzene rings is 1. The van der Waals surface area contributed by atoms with Gasteiger partial charge in [0.15, 0.2) is 5.82 Å². The molecule has 1 amide bonds. The molecule has 1 aromatic heterocycles. The average molecular weight is 427 g/mol. The molecule has 0 spiro atoms. The normalized spacial score (nSPS) is 17.2. The van der Waals surface area contributed by atoms with Gasteiger partial charge < -0.3 is 4.74 Å². The first-order chi connectivity index (χ1) is 13.1. The van der Waals surface area contributed by atoms with E-state index in [1.54, 1.807) is 39.6 Å². The first kappa shape index (κ1) is 18.9. The van der Waals surface area contributed by atoms with Crippen molar-refractivity contribution in [3.05, 3.63) is 34.1 Å². The summed E-state index contributed by atoms with van der Waals surface area (Å²) < 4.78 is 7.60. The largest absolute Gasteiger partial charge is 0.484 e. The minimum atomic E-state index is 0.133. The van der Waals surface area contributed by atoms with Gasteiger partial charge in [0, 0.05) is 17.2 Å². The van der Waals surface area contributed by atoms with Crippen LogP contribution in [0.2, 0.25) is 10.0 Å². The van der Waals surface area contributed by atoms with E-state index in [-0.39, 0.29) is 12.5 Å². The number of hydrogen-bond donors (Lipinski definition) is 0. The van der Waals surface area contributed by atoms with Gasteiger partial charge in [-0.15, -0.1) is 10.2 Å². The molecule has 0 N–H and O–H groups in total. The van der Waals surface area contributed by atoms with E-state index < -0.39 is 0 Å². The van der Waals surface area contributed by atoms with Crippen LogP contribution in [-0.4, -0.2) is 33.1 Å². The van der Waals surface area contributed by atoms with Crippen LogP contribution in [0.1, 0.15) is 37.9 Å². The molecule has 2 aliphatic rings. The Bertz CT molecular complexity index is 839. The van der Waals surface area contributed by atoms with Gasteiger partial charge in [-0.25, -0.2) is 9.69 Å². The van der Waals surface area contributed by atoms with Crippen LogP contribution in [0, 0.1) is 5.92 Å². The second-order valence-corrected chi connectivity index (χ2v) is 8.70. The van der Waals surface area contributed by atoms with Crippen molar-refractivity contribution in [1.29, 1.82) is 0 Å². The lowest BCUT2D eigenvalue weighted by atomic mass is 10.0. The Morgan fingerprint density at radius 1 is 1.26 bits per heavy atom. The van der Waals surface area contributed by atoms with Crippen molar-refractivity contribution < 1.29 is 9.53 Å². The monoisotopic (exact) mass is 426 g/mol. The Balaban J connectivity index is 1.50. The highest BCUT2D eigenvalue weighted by Crippen LogP contribution is 2.31. The summed E-state index contributed by atoms with van der Waals surface area (Å²) in [7, 11) is 0. The van der Waals surface area contributed by atoms with Crippen molar-refractivity contribution >= 4 is 40.9 Å². The van der Waals surface area contributed by atoms with Crippen molar-refractivity contribution in [1.82, 2.24) is 14.9 Å². The fourth-order valence-corrected chi connectivity index (χ4v) is 4.91. The lowest BCUT2D eigenvalue weighted by Gasteiger charge is -2.30. The molecule has 2 heterocycles. The van der Waals surface area contributed by atoms with E-state index in [1.807, 2.05) is 0 Å². The molecule has 1 aromatic carbocycles. The predicted octanol–water partition coefficient (Wildman–Crippen LogP) is 4.31. The number of halogens is 2. The fraction of sp³-hybridized carbons (Fsp3) is 0.500. The van der Waals surface area contributed by atoms with E-state index in [9.17, 15) is 4.79 Å². The zero-order chi connectivity index (χ0) is 18.8. The molecule has 2 aromatic rings. The quantitative estimate of drug-likeness (QED) is 0.712. The standard InChI is InChI=1S/C18H20Cl2N4O2S/c19-13-5-6-15(14(20)10-13)26-11-16-21-22-18-24(16)23(7-8-27-18)17(25)9-12-3-1-2-4-12/h5-6,10,12H,1-4,7-9,11H2. The van der Waals surface area contributed by atoms with E-state index in [2.05, 4.69) is 10.2 Å². The Morgan fingerprint density at radius 3 is 2.85 bits per heavy atom. The van der Waals surface area contributed by atoms with Crippen molar-refractivity contribution in [3.63, 3.8) is 0 Å². The maximum atomic E-state index is 12.9. The molecule has 144 valence electrons. The lowest BCUT2D eigenvalue weighted by Crippen LogP contribution is -2.46. The van der Waals surface area contributed by atoms with Crippen molar-refractivity contribution in [2.75, 3.05) is 17.3 Å². The van der Waals surface area contributed by atoms with E-state index >= 15 is 0 Å². The van der Waals surface area contributed by atoms with E-state index in [0.717, 1.165) is 23.8 Å². The molecule has 6 nitrogen and oxygen atoms in total. The highest BCUT2D eigenvalue weighted by molar-refractivity contribution is 7.99. The van der Waals surface area contributed by atoms with Crippen LogP contribution in [0.3, 0.4) is 0 Å². The second-order valence-electron chi connectivity index (χ2n) is 6.79. The van der Waals surface area contributed by atoms with Crippen LogP contribution in [0.15, 0.2) is 23.4 Å². The smallest absolute Gasteiger partial charge is 0.241 e. The highest BCUT2D eigenvalue weighted by atomic mass is 35.5. The Kier molecular flexibility index (Phi) is 5.80. The minimum Gasteiger partial charge on any atom is -0.484 e. The molecule has 0 saturated heterocycles. The predicted molar refractivity (Wildman–Crippen MR) is 106 cm³/mol. The summed E-state index contributed by atoms with van der Waals surface area (Å²) in [6.45, 7) is 0.818. The summed E-state index contributed by atoms with van der Waals surface area (Å²) in [4.78, 5) is 12.9. The van der Waals surface area contributed by atoms with Gasteiger partial charge in [-0.05, 0) is 37.0 Å². The van der Waals surface area contributed by atoms with Gasteiger partial charge in [0.25, 0.3) is 0 Å². The Morgan fingerprint density at radius 2 is 2.07 bits per heavy atom. The van der Waals surface area contributed by atoms with Crippen LogP contribution in [0.25, 0.3) is 0 Å². The van der Waals surface area contributed by atoms with Crippen LogP contribution < -0.4 is 9.75 Å². The molecule has 1 aliphatic carbocycles. The lowest BCUT2D eigenvalue weighted by molar-refractivity contribution is -0.121. The van der Waals surface area contributed by atoms with E-state index in [1.165, 1.54) is 12.8 Å². The molecule has 0 bridgehead atoms. The molecular weight excluding hydrogens is 407 g/mol. The third kappa shape index (κ3) is 4.20. The Labute approximate surface area is 172 Å². The number of carbonyl (C=O) groups excluding carboxylic acids is 1. The third-order valence-electron chi connectivity index (χ3n) is 4.93. The SMILES string of the molecule is O=C(CC1CCCC1)N1CCSc2nnc(COc3ccc(Cl)cc3Cl)n21. The number of nitrogens with zero attached hydrogens (tertiary/aromatic N) is 4. The second kappa shape index (κ2) is 8.29. The van der Waals surface area contributed by atoms with Gasteiger partial charge >= 0.3 is 0 Å². The van der Waals surface area contributed by atoms with Crippen molar-refractivity contribution in [2.24, 2.45) is 5.92 Å². The van der Waals surface area contributed by atoms with E-state index in [4.69, 9.17) is 27.9 Å². The summed E-state index contributed by atoms with van der Waals surface area (Å²) in [6, 6.07) is 5.07. The summed E-state index contributed by atoms with van der Waals surface area (Å²) in [5, 5.41) is 11.9. The summed E-state index contributed by atoms with van der Waals surface area (Å²) in [6.07, 6.45) is 5.34. The Hall–Kier alpha value is -1.44. The number of ether oxygens (including phenoxy) is 1. The molecular formula is C18H20Cl2N4O2S. The van der Waals surface area contributed by atoms with Gasteiger partial charge in [-0.1, -0.05) is 47.8 Å². The molecule has 27 heavy (non-hydrogen) atoms. The van der Waals surface area contributed by atoms with Crippen LogP contribution >= 0.6 is 35.0 Å². The zero-order valence-electron chi connectivity index (χ0n) is 14.7. The van der Waals surface area contributed by atoms with Gasteiger partial charge in [0.1, 0.15) is 12.4 Å². The number of carbonyl (C=O) groups is 1. The van der Waals surface area contributed by atoms with Gasteiger partial charge in [0.2, 0.25) is 11.1 Å². The molecule has 4 rings (SSSR count). The molecule has 0 radical (unpaired) electrons. The zero-order valence-corrected chi connectivity index (χ0v) is 17.1. The molecule has 1 aliphatic heterocycles. The fourth-order valence-electron chi connectivity index (χ4n) is 3.58.